The molecule has 1 fully saturated rings. The topological polar surface area (TPSA) is 32.7 Å². The molecule has 0 aromatic heterocycles. The minimum absolute atomic E-state index is 0.324. The molecule has 0 amide bonds. The molecule has 0 radical (unpaired) electrons. The Kier molecular flexibility index (Phi) is 6.70. The molecule has 0 spiro atoms. The molecule has 1 aliphatic heterocycles. The van der Waals surface area contributed by atoms with E-state index in [0.29, 0.717) is 13.2 Å². The smallest absolute Gasteiger partial charge is 0.125 e. The zero-order valence-corrected chi connectivity index (χ0v) is 11.8. The molecule has 0 aromatic carbocycles. The number of likely N-dealkylation sites (tertiary alicyclic amines) is 1. The summed E-state index contributed by atoms with van der Waals surface area (Å²) < 4.78 is 5.65. The quantitative estimate of drug-likeness (QED) is 0.735. The summed E-state index contributed by atoms with van der Waals surface area (Å²) in [6, 6.07) is 0. The van der Waals surface area contributed by atoms with Crippen LogP contribution in [0, 0.1) is 12.3 Å². The van der Waals surface area contributed by atoms with Crippen molar-refractivity contribution in [2.24, 2.45) is 0 Å². The second-order valence-electron chi connectivity index (χ2n) is 5.41. The second kappa shape index (κ2) is 7.78. The van der Waals surface area contributed by atoms with Gasteiger partial charge in [-0.1, -0.05) is 25.7 Å². The van der Waals surface area contributed by atoms with Crippen molar-refractivity contribution in [3.05, 3.63) is 0 Å². The lowest BCUT2D eigenvalue weighted by Crippen LogP contribution is -2.38. The van der Waals surface area contributed by atoms with Crippen LogP contribution in [0.2, 0.25) is 0 Å². The first-order valence-electron chi connectivity index (χ1n) is 7.12. The van der Waals surface area contributed by atoms with E-state index in [2.05, 4.69) is 10.8 Å². The van der Waals surface area contributed by atoms with Gasteiger partial charge in [0.15, 0.2) is 0 Å². The second-order valence-corrected chi connectivity index (χ2v) is 5.41. The minimum Gasteiger partial charge on any atom is -0.389 e. The van der Waals surface area contributed by atoms with Gasteiger partial charge in [0, 0.05) is 6.54 Å². The Bertz CT molecular complexity index is 266. The Morgan fingerprint density at radius 2 is 1.94 bits per heavy atom. The van der Waals surface area contributed by atoms with Gasteiger partial charge in [-0.25, -0.2) is 0 Å². The molecular formula is C15H27NO2. The molecule has 104 valence electrons. The number of terminal acetylenes is 1. The standard InChI is InChI=1S/C15H27NO2/c1-4-15(3,5-2)18-13-14(17)12-16-10-8-6-7-9-11-16/h1,14,17H,5-13H2,2-3H3/t14-,15+/m0/s1. The lowest BCUT2D eigenvalue weighted by Gasteiger charge is -2.27. The van der Waals surface area contributed by atoms with Crippen molar-refractivity contribution in [1.82, 2.24) is 4.90 Å². The summed E-state index contributed by atoms with van der Waals surface area (Å²) in [7, 11) is 0. The van der Waals surface area contributed by atoms with E-state index in [0.717, 1.165) is 19.5 Å². The molecule has 0 bridgehead atoms. The summed E-state index contributed by atoms with van der Waals surface area (Å²) in [5, 5.41) is 10.0. The van der Waals surface area contributed by atoms with Gasteiger partial charge in [0.05, 0.1) is 12.7 Å². The van der Waals surface area contributed by atoms with Crippen molar-refractivity contribution < 1.29 is 9.84 Å². The lowest BCUT2D eigenvalue weighted by molar-refractivity contribution is -0.0468. The van der Waals surface area contributed by atoms with Crippen LogP contribution in [0.15, 0.2) is 0 Å². The molecule has 18 heavy (non-hydrogen) atoms. The lowest BCUT2D eigenvalue weighted by atomic mass is 10.1. The molecule has 3 heteroatoms. The number of hydrogen-bond acceptors (Lipinski definition) is 3. The molecule has 0 aliphatic carbocycles. The Morgan fingerprint density at radius 1 is 1.33 bits per heavy atom. The van der Waals surface area contributed by atoms with Crippen LogP contribution in [0.4, 0.5) is 0 Å². The van der Waals surface area contributed by atoms with E-state index in [-0.39, 0.29) is 0 Å². The fourth-order valence-electron chi connectivity index (χ4n) is 2.20. The molecular weight excluding hydrogens is 226 g/mol. The van der Waals surface area contributed by atoms with Gasteiger partial charge in [-0.15, -0.1) is 6.42 Å². The average Bonchev–Trinajstić information content (AvgIpc) is 2.64. The molecule has 3 nitrogen and oxygen atoms in total. The van der Waals surface area contributed by atoms with Crippen molar-refractivity contribution in [2.45, 2.75) is 57.7 Å². The monoisotopic (exact) mass is 253 g/mol. The van der Waals surface area contributed by atoms with Crippen molar-refractivity contribution in [3.63, 3.8) is 0 Å². The molecule has 2 atom stereocenters. The number of aliphatic hydroxyl groups excluding tert-OH is 1. The highest BCUT2D eigenvalue weighted by Crippen LogP contribution is 2.15. The molecule has 1 N–H and O–H groups in total. The molecule has 1 heterocycles. The molecule has 1 rings (SSSR count). The Hall–Kier alpha value is -0.560. The van der Waals surface area contributed by atoms with E-state index in [1.807, 2.05) is 13.8 Å². The van der Waals surface area contributed by atoms with Gasteiger partial charge >= 0.3 is 0 Å². The Morgan fingerprint density at radius 3 is 2.44 bits per heavy atom. The van der Waals surface area contributed by atoms with E-state index >= 15 is 0 Å². The van der Waals surface area contributed by atoms with Crippen LogP contribution in [-0.4, -0.2) is 48.0 Å². The van der Waals surface area contributed by atoms with Crippen molar-refractivity contribution in [3.8, 4) is 12.3 Å². The van der Waals surface area contributed by atoms with E-state index in [1.54, 1.807) is 0 Å². The predicted molar refractivity (Wildman–Crippen MR) is 74.4 cm³/mol. The van der Waals surface area contributed by atoms with Crippen LogP contribution in [-0.2, 0) is 4.74 Å². The van der Waals surface area contributed by atoms with Crippen LogP contribution in [0.1, 0.15) is 46.0 Å². The third-order valence-electron chi connectivity index (χ3n) is 3.74. The largest absolute Gasteiger partial charge is 0.389 e. The van der Waals surface area contributed by atoms with Gasteiger partial charge in [-0.2, -0.15) is 0 Å². The summed E-state index contributed by atoms with van der Waals surface area (Å²) in [6.07, 6.45) is 10.9. The van der Waals surface area contributed by atoms with Gasteiger partial charge in [0.2, 0.25) is 0 Å². The first-order valence-corrected chi connectivity index (χ1v) is 7.12. The number of β-amino-alcohol motifs (C(OH)–C–C–N with tert-alkyl or cyclic N) is 1. The summed E-state index contributed by atoms with van der Waals surface area (Å²) in [5.74, 6) is 2.65. The molecule has 0 saturated carbocycles. The van der Waals surface area contributed by atoms with Gasteiger partial charge in [0.1, 0.15) is 5.60 Å². The zero-order valence-electron chi connectivity index (χ0n) is 11.8. The van der Waals surface area contributed by atoms with E-state index in [1.165, 1.54) is 25.7 Å². The summed E-state index contributed by atoms with van der Waals surface area (Å²) >= 11 is 0. The molecule has 0 aromatic rings. The third-order valence-corrected chi connectivity index (χ3v) is 3.74. The first-order chi connectivity index (χ1) is 8.59. The highest BCUT2D eigenvalue weighted by atomic mass is 16.5. The number of ether oxygens (including phenoxy) is 1. The van der Waals surface area contributed by atoms with Gasteiger partial charge in [-0.3, -0.25) is 0 Å². The number of aliphatic hydroxyl groups is 1. The van der Waals surface area contributed by atoms with Crippen LogP contribution < -0.4 is 0 Å². The maximum absolute atomic E-state index is 10.0. The van der Waals surface area contributed by atoms with E-state index in [9.17, 15) is 5.11 Å². The number of nitrogens with zero attached hydrogens (tertiary/aromatic N) is 1. The SMILES string of the molecule is C#C[C@](C)(CC)OC[C@@H](O)CN1CCCCCC1. The minimum atomic E-state index is -0.542. The van der Waals surface area contributed by atoms with Crippen LogP contribution in [0.25, 0.3) is 0 Å². The van der Waals surface area contributed by atoms with Crippen molar-refractivity contribution in [2.75, 3.05) is 26.2 Å². The van der Waals surface area contributed by atoms with Crippen molar-refractivity contribution in [1.29, 1.82) is 0 Å². The zero-order chi connectivity index (χ0) is 13.4. The van der Waals surface area contributed by atoms with Crippen molar-refractivity contribution >= 4 is 0 Å². The highest BCUT2D eigenvalue weighted by molar-refractivity contribution is 5.05. The highest BCUT2D eigenvalue weighted by Gasteiger charge is 2.22. The van der Waals surface area contributed by atoms with Gasteiger partial charge in [-0.05, 0) is 39.3 Å². The van der Waals surface area contributed by atoms with Crippen LogP contribution in [0.5, 0.6) is 0 Å². The number of hydrogen-bond donors (Lipinski definition) is 1. The molecule has 0 unspecified atom stereocenters. The molecule has 1 saturated heterocycles. The van der Waals surface area contributed by atoms with Gasteiger partial charge < -0.3 is 14.7 Å². The fraction of sp³-hybridized carbons (Fsp3) is 0.867. The maximum atomic E-state index is 10.0. The Labute approximate surface area is 112 Å². The molecule has 1 aliphatic rings. The Balaban J connectivity index is 2.28. The fourth-order valence-corrected chi connectivity index (χ4v) is 2.20. The number of rotatable bonds is 6. The summed E-state index contributed by atoms with van der Waals surface area (Å²) in [6.45, 7) is 7.11. The predicted octanol–water partition coefficient (Wildman–Crippen LogP) is 2.04. The van der Waals surface area contributed by atoms with E-state index in [4.69, 9.17) is 11.2 Å². The first kappa shape index (κ1) is 15.5. The van der Waals surface area contributed by atoms with Crippen LogP contribution in [0.3, 0.4) is 0 Å². The normalized spacial score (nSPS) is 22.8. The third kappa shape index (κ3) is 5.39. The van der Waals surface area contributed by atoms with E-state index < -0.39 is 11.7 Å². The van der Waals surface area contributed by atoms with Gasteiger partial charge in [0.25, 0.3) is 0 Å². The summed E-state index contributed by atoms with van der Waals surface area (Å²) in [4.78, 5) is 2.33. The average molecular weight is 253 g/mol. The summed E-state index contributed by atoms with van der Waals surface area (Å²) in [5.41, 5.74) is -0.542. The maximum Gasteiger partial charge on any atom is 0.125 e. The van der Waals surface area contributed by atoms with Crippen LogP contribution >= 0.6 is 0 Å².